The average molecular weight is 444 g/mol. The highest BCUT2D eigenvalue weighted by Gasteiger charge is 2.46. The van der Waals surface area contributed by atoms with Crippen molar-refractivity contribution in [3.8, 4) is 0 Å². The number of hydrogen-bond acceptors (Lipinski definition) is 4. The summed E-state index contributed by atoms with van der Waals surface area (Å²) in [5, 5.41) is 20.2. The standard InChI is InChI=1S/C27H41NO4/c1-17(2)28(6)26(31)16-32-19(4)23-11-12-24-20(8-7-13-27(23,24)5)9-10-21-14-22(29)15-25(30)18(21)3/h9-11,17,19,22,24-25,29-30H,3,7-8,12-16H2,1-2,4-6H3/t19-,22+,24?,25-,27+/m0/s1. The molecule has 2 fully saturated rings. The second-order valence-electron chi connectivity index (χ2n) is 10.3. The summed E-state index contributed by atoms with van der Waals surface area (Å²) < 4.78 is 6.04. The number of allylic oxidation sites excluding steroid dienone is 4. The van der Waals surface area contributed by atoms with Crippen LogP contribution in [0.5, 0.6) is 0 Å². The van der Waals surface area contributed by atoms with Crippen LogP contribution >= 0.6 is 0 Å². The Morgan fingerprint density at radius 2 is 2.06 bits per heavy atom. The lowest BCUT2D eigenvalue weighted by Gasteiger charge is -2.42. The lowest BCUT2D eigenvalue weighted by molar-refractivity contribution is -0.137. The van der Waals surface area contributed by atoms with Crippen molar-refractivity contribution in [3.63, 3.8) is 0 Å². The zero-order chi connectivity index (χ0) is 23.6. The summed E-state index contributed by atoms with van der Waals surface area (Å²) >= 11 is 0. The number of amides is 1. The highest BCUT2D eigenvalue weighted by molar-refractivity contribution is 5.77. The predicted molar refractivity (Wildman–Crippen MR) is 128 cm³/mol. The van der Waals surface area contributed by atoms with E-state index in [0.717, 1.165) is 36.8 Å². The van der Waals surface area contributed by atoms with Gasteiger partial charge in [0.25, 0.3) is 0 Å². The van der Waals surface area contributed by atoms with Gasteiger partial charge in [0.2, 0.25) is 5.91 Å². The van der Waals surface area contributed by atoms with E-state index in [9.17, 15) is 15.0 Å². The molecule has 0 spiro atoms. The molecule has 178 valence electrons. The Labute approximate surface area is 193 Å². The lowest BCUT2D eigenvalue weighted by Crippen LogP contribution is -2.38. The van der Waals surface area contributed by atoms with Gasteiger partial charge in [-0.05, 0) is 80.9 Å². The van der Waals surface area contributed by atoms with E-state index >= 15 is 0 Å². The minimum atomic E-state index is -0.657. The number of aliphatic hydroxyl groups is 2. The van der Waals surface area contributed by atoms with Crippen molar-refractivity contribution in [1.29, 1.82) is 0 Å². The molecular formula is C27H41NO4. The normalized spacial score (nSPS) is 34.1. The quantitative estimate of drug-likeness (QED) is 0.600. The molecule has 5 heteroatoms. The van der Waals surface area contributed by atoms with E-state index in [0.29, 0.717) is 18.8 Å². The van der Waals surface area contributed by atoms with Crippen LogP contribution in [0.4, 0.5) is 0 Å². The molecule has 3 aliphatic carbocycles. The van der Waals surface area contributed by atoms with Gasteiger partial charge in [-0.3, -0.25) is 4.79 Å². The van der Waals surface area contributed by atoms with Gasteiger partial charge in [0, 0.05) is 19.5 Å². The molecule has 0 aromatic heterocycles. The maximum absolute atomic E-state index is 12.3. The van der Waals surface area contributed by atoms with Gasteiger partial charge in [0.05, 0.1) is 18.3 Å². The zero-order valence-electron chi connectivity index (χ0n) is 20.4. The molecule has 0 radical (unpaired) electrons. The molecule has 0 bridgehead atoms. The first-order chi connectivity index (χ1) is 15.0. The van der Waals surface area contributed by atoms with Gasteiger partial charge in [-0.15, -0.1) is 0 Å². The van der Waals surface area contributed by atoms with Gasteiger partial charge < -0.3 is 19.8 Å². The summed E-state index contributed by atoms with van der Waals surface area (Å²) in [6, 6.07) is 0.164. The molecule has 0 heterocycles. The van der Waals surface area contributed by atoms with Crippen molar-refractivity contribution in [1.82, 2.24) is 4.90 Å². The van der Waals surface area contributed by atoms with Crippen molar-refractivity contribution in [3.05, 3.63) is 47.1 Å². The number of carbonyl (C=O) groups excluding carboxylic acids is 1. The SMILES string of the molecule is C=C1C(=CC=C2CCC[C@]3(C)C([C@H](C)OCC(=O)N(C)C(C)C)=CCC23)C[C@@H](O)C[C@@H]1O. The number of carbonyl (C=O) groups is 1. The van der Waals surface area contributed by atoms with E-state index in [-0.39, 0.29) is 30.1 Å². The molecule has 5 nitrogen and oxygen atoms in total. The van der Waals surface area contributed by atoms with Gasteiger partial charge in [-0.1, -0.05) is 37.3 Å². The molecule has 1 unspecified atom stereocenters. The molecule has 5 atom stereocenters. The van der Waals surface area contributed by atoms with Crippen LogP contribution in [0.1, 0.15) is 66.2 Å². The van der Waals surface area contributed by atoms with E-state index < -0.39 is 12.2 Å². The van der Waals surface area contributed by atoms with Crippen LogP contribution in [-0.2, 0) is 9.53 Å². The first-order valence-corrected chi connectivity index (χ1v) is 12.1. The minimum absolute atomic E-state index is 0.0140. The van der Waals surface area contributed by atoms with Crippen molar-refractivity contribution in [2.75, 3.05) is 13.7 Å². The molecule has 2 N–H and O–H groups in total. The first kappa shape index (κ1) is 24.9. The molecule has 32 heavy (non-hydrogen) atoms. The Hall–Kier alpha value is -1.69. The molecule has 0 aromatic rings. The Morgan fingerprint density at radius 3 is 2.75 bits per heavy atom. The number of rotatable bonds is 6. The number of fused-ring (bicyclic) bond motifs is 1. The Balaban J connectivity index is 1.70. The molecule has 0 aliphatic heterocycles. The Morgan fingerprint density at radius 1 is 1.34 bits per heavy atom. The highest BCUT2D eigenvalue weighted by Crippen LogP contribution is 2.55. The van der Waals surface area contributed by atoms with E-state index in [2.05, 4.69) is 38.7 Å². The fourth-order valence-electron chi connectivity index (χ4n) is 5.62. The topological polar surface area (TPSA) is 70.0 Å². The number of likely N-dealkylation sites (N-methyl/N-ethyl adjacent to an activating group) is 1. The second kappa shape index (κ2) is 10.1. The van der Waals surface area contributed by atoms with Crippen LogP contribution in [0, 0.1) is 11.3 Å². The van der Waals surface area contributed by atoms with Crippen LogP contribution in [0.3, 0.4) is 0 Å². The maximum atomic E-state index is 12.3. The number of ether oxygens (including phenoxy) is 1. The van der Waals surface area contributed by atoms with Crippen molar-refractivity contribution < 1.29 is 19.7 Å². The van der Waals surface area contributed by atoms with Crippen molar-refractivity contribution in [2.45, 2.75) is 90.6 Å². The zero-order valence-corrected chi connectivity index (χ0v) is 20.4. The number of aliphatic hydroxyl groups excluding tert-OH is 2. The average Bonchev–Trinajstić information content (AvgIpc) is 3.10. The van der Waals surface area contributed by atoms with Crippen LogP contribution < -0.4 is 0 Å². The monoisotopic (exact) mass is 443 g/mol. The molecule has 2 saturated carbocycles. The molecule has 3 aliphatic rings. The summed E-state index contributed by atoms with van der Waals surface area (Å²) in [5.41, 5.74) is 4.45. The van der Waals surface area contributed by atoms with E-state index in [1.165, 1.54) is 11.1 Å². The summed E-state index contributed by atoms with van der Waals surface area (Å²) in [7, 11) is 1.82. The predicted octanol–water partition coefficient (Wildman–Crippen LogP) is 4.32. The Bertz CT molecular complexity index is 824. The molecule has 0 aromatic carbocycles. The van der Waals surface area contributed by atoms with Gasteiger partial charge in [0.1, 0.15) is 6.61 Å². The van der Waals surface area contributed by atoms with Crippen LogP contribution in [0.15, 0.2) is 47.1 Å². The van der Waals surface area contributed by atoms with Crippen LogP contribution in [-0.4, -0.2) is 59.0 Å². The molecule has 1 amide bonds. The van der Waals surface area contributed by atoms with Crippen molar-refractivity contribution >= 4 is 5.91 Å². The fraction of sp³-hybridized carbons (Fsp3) is 0.667. The van der Waals surface area contributed by atoms with E-state index in [1.54, 1.807) is 4.90 Å². The Kier molecular flexibility index (Phi) is 7.85. The van der Waals surface area contributed by atoms with Gasteiger partial charge in [0.15, 0.2) is 0 Å². The largest absolute Gasteiger partial charge is 0.393 e. The van der Waals surface area contributed by atoms with E-state index in [1.807, 2.05) is 20.9 Å². The molecule has 3 rings (SSSR count). The first-order valence-electron chi connectivity index (χ1n) is 12.1. The second-order valence-corrected chi connectivity index (χ2v) is 10.3. The number of hydrogen-bond donors (Lipinski definition) is 2. The molecular weight excluding hydrogens is 402 g/mol. The third-order valence-corrected chi connectivity index (χ3v) is 7.94. The number of nitrogens with zero attached hydrogens (tertiary/aromatic N) is 1. The smallest absolute Gasteiger partial charge is 0.248 e. The van der Waals surface area contributed by atoms with Crippen LogP contribution in [0.25, 0.3) is 0 Å². The summed E-state index contributed by atoms with van der Waals surface area (Å²) in [6.45, 7) is 12.5. The van der Waals surface area contributed by atoms with Gasteiger partial charge in [-0.2, -0.15) is 0 Å². The molecule has 0 saturated heterocycles. The summed E-state index contributed by atoms with van der Waals surface area (Å²) in [4.78, 5) is 14.1. The lowest BCUT2D eigenvalue weighted by atomic mass is 9.63. The van der Waals surface area contributed by atoms with Gasteiger partial charge in [-0.25, -0.2) is 0 Å². The summed E-state index contributed by atoms with van der Waals surface area (Å²) in [5.74, 6) is 0.440. The maximum Gasteiger partial charge on any atom is 0.248 e. The summed E-state index contributed by atoms with van der Waals surface area (Å²) in [6.07, 6.45) is 10.6. The van der Waals surface area contributed by atoms with E-state index in [4.69, 9.17) is 4.74 Å². The van der Waals surface area contributed by atoms with Crippen LogP contribution in [0.2, 0.25) is 0 Å². The van der Waals surface area contributed by atoms with Crippen molar-refractivity contribution in [2.24, 2.45) is 11.3 Å². The van der Waals surface area contributed by atoms with Gasteiger partial charge >= 0.3 is 0 Å². The minimum Gasteiger partial charge on any atom is -0.393 e. The third kappa shape index (κ3) is 5.11. The fourth-order valence-corrected chi connectivity index (χ4v) is 5.62. The third-order valence-electron chi connectivity index (χ3n) is 7.94. The highest BCUT2D eigenvalue weighted by atomic mass is 16.5.